The zero-order chi connectivity index (χ0) is 16.6. The van der Waals surface area contributed by atoms with Crippen LogP contribution in [-0.4, -0.2) is 15.7 Å². The molecule has 6 nitrogen and oxygen atoms in total. The van der Waals surface area contributed by atoms with Gasteiger partial charge in [0.1, 0.15) is 11.5 Å². The first-order valence-corrected chi connectivity index (χ1v) is 6.85. The lowest BCUT2D eigenvalue weighted by atomic mass is 10.2. The first-order valence-electron chi connectivity index (χ1n) is 6.85. The second-order valence-electron chi connectivity index (χ2n) is 5.08. The lowest BCUT2D eigenvalue weighted by Gasteiger charge is -2.05. The van der Waals surface area contributed by atoms with Crippen molar-refractivity contribution in [3.8, 4) is 5.69 Å². The molecule has 0 aliphatic rings. The van der Waals surface area contributed by atoms with E-state index in [9.17, 15) is 14.7 Å². The number of furan rings is 1. The molecule has 0 bridgehead atoms. The number of aryl methyl sites for hydroxylation is 1. The smallest absolute Gasteiger partial charge is 0.279 e. The van der Waals surface area contributed by atoms with E-state index in [0.29, 0.717) is 22.0 Å². The van der Waals surface area contributed by atoms with E-state index in [1.165, 1.54) is 22.9 Å². The number of nitrogens with one attached hydrogen (secondary N) is 1. The first kappa shape index (κ1) is 14.6. The highest BCUT2D eigenvalue weighted by Crippen LogP contribution is 2.07. The topological polar surface area (TPSA) is 91.1 Å². The molecular formula is C17H13N2O4-. The van der Waals surface area contributed by atoms with Crippen LogP contribution in [0.5, 0.6) is 0 Å². The average Bonchev–Trinajstić information content (AvgIpc) is 3.05. The van der Waals surface area contributed by atoms with Crippen LogP contribution >= 0.6 is 0 Å². The number of carbonyl (C=O) groups is 1. The molecule has 0 amide bonds. The van der Waals surface area contributed by atoms with Crippen molar-refractivity contribution in [2.45, 2.75) is 6.92 Å². The van der Waals surface area contributed by atoms with E-state index in [0.717, 1.165) is 5.76 Å². The fourth-order valence-corrected chi connectivity index (χ4v) is 2.27. The van der Waals surface area contributed by atoms with Gasteiger partial charge in [-0.05, 0) is 42.8 Å². The van der Waals surface area contributed by atoms with E-state index in [1.807, 2.05) is 6.92 Å². The summed E-state index contributed by atoms with van der Waals surface area (Å²) in [6.07, 6.45) is 1.59. The molecular weight excluding hydrogens is 296 g/mol. The SMILES string of the molecule is C=c1[nH]n(-c2cccc(C(=O)[O-])c2)c(=O)/c1=C\c1ccc(C)o1. The Hall–Kier alpha value is -3.28. The van der Waals surface area contributed by atoms with Gasteiger partial charge in [0.15, 0.2) is 0 Å². The molecule has 1 aromatic carbocycles. The number of carboxylic acid groups (broad SMARTS) is 1. The van der Waals surface area contributed by atoms with Gasteiger partial charge < -0.3 is 14.3 Å². The van der Waals surface area contributed by atoms with E-state index in [-0.39, 0.29) is 11.1 Å². The molecule has 1 N–H and O–H groups in total. The maximum Gasteiger partial charge on any atom is 0.279 e. The summed E-state index contributed by atoms with van der Waals surface area (Å²) >= 11 is 0. The lowest BCUT2D eigenvalue weighted by Crippen LogP contribution is -2.34. The number of rotatable bonds is 3. The second kappa shape index (κ2) is 5.49. The summed E-state index contributed by atoms with van der Waals surface area (Å²) in [6.45, 7) is 5.62. The number of hydrogen-bond acceptors (Lipinski definition) is 4. The number of aromatic nitrogens is 2. The third-order valence-corrected chi connectivity index (χ3v) is 3.39. The minimum Gasteiger partial charge on any atom is -0.545 e. The third-order valence-electron chi connectivity index (χ3n) is 3.39. The highest BCUT2D eigenvalue weighted by molar-refractivity contribution is 5.86. The van der Waals surface area contributed by atoms with Gasteiger partial charge >= 0.3 is 0 Å². The van der Waals surface area contributed by atoms with Crippen LogP contribution in [0.25, 0.3) is 18.3 Å². The lowest BCUT2D eigenvalue weighted by molar-refractivity contribution is -0.255. The number of benzene rings is 1. The summed E-state index contributed by atoms with van der Waals surface area (Å²) in [5, 5.41) is 14.5. The minimum absolute atomic E-state index is 0.0122. The minimum atomic E-state index is -1.31. The van der Waals surface area contributed by atoms with Gasteiger partial charge in [0.05, 0.1) is 22.2 Å². The highest BCUT2D eigenvalue weighted by atomic mass is 16.4. The molecule has 23 heavy (non-hydrogen) atoms. The Balaban J connectivity index is 2.17. The Morgan fingerprint density at radius 2 is 2.13 bits per heavy atom. The Bertz CT molecular complexity index is 1050. The van der Waals surface area contributed by atoms with E-state index in [4.69, 9.17) is 4.42 Å². The van der Waals surface area contributed by atoms with Gasteiger partial charge in [-0.1, -0.05) is 18.7 Å². The molecule has 0 radical (unpaired) electrons. The summed E-state index contributed by atoms with van der Waals surface area (Å²) in [7, 11) is 0. The van der Waals surface area contributed by atoms with Crippen molar-refractivity contribution in [1.82, 2.24) is 9.78 Å². The van der Waals surface area contributed by atoms with Crippen LogP contribution in [0.1, 0.15) is 21.9 Å². The molecule has 0 aliphatic carbocycles. The number of hydrogen-bond donors (Lipinski definition) is 1. The Morgan fingerprint density at radius 1 is 1.35 bits per heavy atom. The van der Waals surface area contributed by atoms with Gasteiger partial charge in [0, 0.05) is 0 Å². The first-order chi connectivity index (χ1) is 11.0. The van der Waals surface area contributed by atoms with Crippen LogP contribution < -0.4 is 21.2 Å². The fraction of sp³-hybridized carbons (Fsp3) is 0.0588. The van der Waals surface area contributed by atoms with E-state index in [2.05, 4.69) is 11.7 Å². The van der Waals surface area contributed by atoms with Crippen molar-refractivity contribution < 1.29 is 14.3 Å². The summed E-state index contributed by atoms with van der Waals surface area (Å²) in [5.41, 5.74) is 0.0261. The molecule has 0 saturated heterocycles. The average molecular weight is 309 g/mol. The van der Waals surface area contributed by atoms with Crippen LogP contribution in [0.4, 0.5) is 0 Å². The predicted octanol–water partition coefficient (Wildman–Crippen LogP) is -0.330. The van der Waals surface area contributed by atoms with Crippen molar-refractivity contribution in [2.75, 3.05) is 0 Å². The van der Waals surface area contributed by atoms with Gasteiger partial charge in [0.2, 0.25) is 0 Å². The predicted molar refractivity (Wildman–Crippen MR) is 82.5 cm³/mol. The van der Waals surface area contributed by atoms with E-state index >= 15 is 0 Å². The largest absolute Gasteiger partial charge is 0.545 e. The Kier molecular flexibility index (Phi) is 3.50. The van der Waals surface area contributed by atoms with E-state index < -0.39 is 5.97 Å². The van der Waals surface area contributed by atoms with Crippen LogP contribution in [0, 0.1) is 6.92 Å². The fourth-order valence-electron chi connectivity index (χ4n) is 2.27. The standard InChI is InChI=1S/C17H14N2O4/c1-10-6-7-14(23-10)9-15-11(2)18-19(16(15)20)13-5-3-4-12(8-13)17(21)22/h3-9,18H,2H2,1H3,(H,21,22)/p-1/b15-9-. The quantitative estimate of drug-likeness (QED) is 0.717. The van der Waals surface area contributed by atoms with Crippen LogP contribution in [0.2, 0.25) is 0 Å². The molecule has 0 spiro atoms. The molecule has 0 unspecified atom stereocenters. The van der Waals surface area contributed by atoms with E-state index in [1.54, 1.807) is 24.3 Å². The summed E-state index contributed by atoms with van der Waals surface area (Å²) < 4.78 is 6.66. The number of nitrogens with zero attached hydrogens (tertiary/aromatic N) is 1. The summed E-state index contributed by atoms with van der Waals surface area (Å²) in [4.78, 5) is 23.5. The molecule has 0 saturated carbocycles. The van der Waals surface area contributed by atoms with Crippen molar-refractivity contribution in [2.24, 2.45) is 0 Å². The van der Waals surface area contributed by atoms with Crippen molar-refractivity contribution in [1.29, 1.82) is 0 Å². The molecule has 0 fully saturated rings. The molecule has 0 aliphatic heterocycles. The highest BCUT2D eigenvalue weighted by Gasteiger charge is 2.06. The molecule has 6 heteroatoms. The van der Waals surface area contributed by atoms with Crippen LogP contribution in [-0.2, 0) is 0 Å². The second-order valence-corrected chi connectivity index (χ2v) is 5.08. The Labute approximate surface area is 130 Å². The number of carboxylic acids is 1. The van der Waals surface area contributed by atoms with Gasteiger partial charge in [-0.3, -0.25) is 9.89 Å². The summed E-state index contributed by atoms with van der Waals surface area (Å²) in [5.74, 6) is -0.0299. The number of carbonyl (C=O) groups excluding carboxylic acids is 1. The zero-order valence-electron chi connectivity index (χ0n) is 12.3. The van der Waals surface area contributed by atoms with Gasteiger partial charge in [-0.15, -0.1) is 0 Å². The Morgan fingerprint density at radius 3 is 2.78 bits per heavy atom. The third kappa shape index (κ3) is 2.74. The maximum atomic E-state index is 12.5. The summed E-state index contributed by atoms with van der Waals surface area (Å²) in [6, 6.07) is 9.45. The number of aromatic carboxylic acids is 1. The van der Waals surface area contributed by atoms with Gasteiger partial charge in [-0.25, -0.2) is 4.68 Å². The molecule has 3 aromatic rings. The number of H-pyrrole nitrogens is 1. The zero-order valence-corrected chi connectivity index (χ0v) is 12.3. The molecule has 2 heterocycles. The number of aromatic amines is 1. The van der Waals surface area contributed by atoms with Crippen LogP contribution in [0.3, 0.4) is 0 Å². The normalized spacial score (nSPS) is 11.8. The maximum absolute atomic E-state index is 12.5. The van der Waals surface area contributed by atoms with Gasteiger partial charge in [-0.2, -0.15) is 0 Å². The van der Waals surface area contributed by atoms with Crippen molar-refractivity contribution in [3.63, 3.8) is 0 Å². The van der Waals surface area contributed by atoms with Crippen molar-refractivity contribution in [3.05, 3.63) is 74.4 Å². The van der Waals surface area contributed by atoms with Crippen molar-refractivity contribution >= 4 is 18.6 Å². The molecule has 0 atom stereocenters. The van der Waals surface area contributed by atoms with Crippen LogP contribution in [0.15, 0.2) is 45.6 Å². The molecule has 2 aromatic heterocycles. The molecule has 116 valence electrons. The molecule has 3 rings (SSSR count). The van der Waals surface area contributed by atoms with Gasteiger partial charge in [0.25, 0.3) is 5.56 Å². The monoisotopic (exact) mass is 309 g/mol.